The normalized spacial score (nSPS) is 18.0. The first-order valence-electron chi connectivity index (χ1n) is 11.8. The van der Waals surface area contributed by atoms with Crippen LogP contribution in [0.1, 0.15) is 69.3 Å². The van der Waals surface area contributed by atoms with Gasteiger partial charge < -0.3 is 20.0 Å². The highest BCUT2D eigenvalue weighted by Crippen LogP contribution is 2.39. The SMILES string of the molecule is CCCCc1ccc(-c2csc(NC(=O)[C@@H]3CC(C)=C(C)C[C@@H]3C(=O)[O-])c2C(=O)OCC)cc1. The molecule has 1 heterocycles. The lowest BCUT2D eigenvalue weighted by atomic mass is 9.76. The van der Waals surface area contributed by atoms with E-state index in [-0.39, 0.29) is 13.0 Å². The Labute approximate surface area is 205 Å². The van der Waals surface area contributed by atoms with Crippen LogP contribution in [-0.4, -0.2) is 24.5 Å². The van der Waals surface area contributed by atoms with Crippen LogP contribution in [0.4, 0.5) is 5.00 Å². The van der Waals surface area contributed by atoms with Gasteiger partial charge in [-0.25, -0.2) is 4.79 Å². The van der Waals surface area contributed by atoms with E-state index in [1.807, 2.05) is 31.4 Å². The summed E-state index contributed by atoms with van der Waals surface area (Å²) in [5.41, 5.74) is 5.07. The number of esters is 1. The van der Waals surface area contributed by atoms with Gasteiger partial charge in [0.2, 0.25) is 5.91 Å². The molecule has 3 rings (SSSR count). The summed E-state index contributed by atoms with van der Waals surface area (Å²) in [4.78, 5) is 37.8. The predicted octanol–water partition coefficient (Wildman–Crippen LogP) is 4.99. The highest BCUT2D eigenvalue weighted by atomic mass is 32.1. The minimum absolute atomic E-state index is 0.204. The van der Waals surface area contributed by atoms with E-state index in [0.717, 1.165) is 36.0 Å². The summed E-state index contributed by atoms with van der Waals surface area (Å²) in [5.74, 6) is -3.82. The third-order valence-electron chi connectivity index (χ3n) is 6.50. The van der Waals surface area contributed by atoms with Crippen LogP contribution in [0.5, 0.6) is 0 Å². The molecule has 1 aliphatic rings. The summed E-state index contributed by atoms with van der Waals surface area (Å²) in [6.07, 6.45) is 3.88. The number of unbranched alkanes of at least 4 members (excludes halogenated alkanes) is 1. The van der Waals surface area contributed by atoms with Gasteiger partial charge in [-0.1, -0.05) is 48.8 Å². The van der Waals surface area contributed by atoms with Gasteiger partial charge in [-0.2, -0.15) is 0 Å². The Balaban J connectivity index is 1.91. The van der Waals surface area contributed by atoms with Gasteiger partial charge in [0.05, 0.1) is 12.5 Å². The van der Waals surface area contributed by atoms with Gasteiger partial charge in [-0.15, -0.1) is 11.3 Å². The van der Waals surface area contributed by atoms with Crippen molar-refractivity contribution in [2.24, 2.45) is 11.8 Å². The van der Waals surface area contributed by atoms with E-state index >= 15 is 0 Å². The molecule has 1 N–H and O–H groups in total. The maximum absolute atomic E-state index is 13.2. The number of hydrogen-bond donors (Lipinski definition) is 1. The average Bonchev–Trinajstić information content (AvgIpc) is 3.23. The molecule has 182 valence electrons. The fourth-order valence-corrected chi connectivity index (χ4v) is 5.28. The molecule has 0 saturated heterocycles. The first kappa shape index (κ1) is 25.7. The van der Waals surface area contributed by atoms with Crippen LogP contribution in [0.3, 0.4) is 0 Å². The summed E-state index contributed by atoms with van der Waals surface area (Å²) in [7, 11) is 0. The fourth-order valence-electron chi connectivity index (χ4n) is 4.32. The molecule has 0 radical (unpaired) electrons. The van der Waals surface area contributed by atoms with Crippen molar-refractivity contribution in [3.8, 4) is 11.1 Å². The second-order valence-electron chi connectivity index (χ2n) is 8.86. The largest absolute Gasteiger partial charge is 0.550 e. The van der Waals surface area contributed by atoms with Gasteiger partial charge >= 0.3 is 5.97 Å². The van der Waals surface area contributed by atoms with Crippen molar-refractivity contribution in [2.75, 3.05) is 11.9 Å². The number of carbonyl (C=O) groups is 3. The van der Waals surface area contributed by atoms with E-state index in [4.69, 9.17) is 4.74 Å². The van der Waals surface area contributed by atoms with Crippen molar-refractivity contribution in [1.29, 1.82) is 0 Å². The van der Waals surface area contributed by atoms with Crippen LogP contribution < -0.4 is 10.4 Å². The maximum atomic E-state index is 13.2. The van der Waals surface area contributed by atoms with Gasteiger partial charge in [0.25, 0.3) is 0 Å². The molecule has 0 spiro atoms. The molecule has 7 heteroatoms. The van der Waals surface area contributed by atoms with E-state index in [0.29, 0.717) is 22.5 Å². The number of carboxylic acids is 1. The summed E-state index contributed by atoms with van der Waals surface area (Å²) >= 11 is 1.24. The second kappa shape index (κ2) is 11.5. The monoisotopic (exact) mass is 482 g/mol. The number of carboxylic acid groups (broad SMARTS) is 1. The molecule has 2 atom stereocenters. The second-order valence-corrected chi connectivity index (χ2v) is 9.74. The number of ether oxygens (including phenoxy) is 1. The Morgan fingerprint density at radius 3 is 2.29 bits per heavy atom. The lowest BCUT2D eigenvalue weighted by molar-refractivity contribution is -0.313. The summed E-state index contributed by atoms with van der Waals surface area (Å²) in [5, 5.41) is 16.8. The number of anilines is 1. The van der Waals surface area contributed by atoms with Crippen molar-refractivity contribution in [3.05, 3.63) is 51.9 Å². The molecule has 1 aromatic carbocycles. The van der Waals surface area contributed by atoms with Crippen molar-refractivity contribution >= 4 is 34.2 Å². The van der Waals surface area contributed by atoms with E-state index in [1.54, 1.807) is 6.92 Å². The zero-order chi connectivity index (χ0) is 24.8. The molecular formula is C27H32NO5S-. The van der Waals surface area contributed by atoms with E-state index < -0.39 is 29.7 Å². The van der Waals surface area contributed by atoms with Crippen LogP contribution >= 0.6 is 11.3 Å². The van der Waals surface area contributed by atoms with E-state index in [2.05, 4.69) is 24.4 Å². The third kappa shape index (κ3) is 5.76. The molecule has 0 saturated carbocycles. The number of rotatable bonds is 9. The average molecular weight is 483 g/mol. The molecule has 0 aliphatic heterocycles. The Bertz CT molecular complexity index is 1080. The number of allylic oxidation sites excluding steroid dienone is 2. The van der Waals surface area contributed by atoms with Crippen LogP contribution in [0, 0.1) is 11.8 Å². The van der Waals surface area contributed by atoms with Crippen molar-refractivity contribution in [3.63, 3.8) is 0 Å². The third-order valence-corrected chi connectivity index (χ3v) is 7.39. The van der Waals surface area contributed by atoms with Gasteiger partial charge in [0.1, 0.15) is 10.6 Å². The molecule has 0 fully saturated rings. The van der Waals surface area contributed by atoms with Gasteiger partial charge in [0, 0.05) is 22.8 Å². The zero-order valence-electron chi connectivity index (χ0n) is 20.2. The highest BCUT2D eigenvalue weighted by molar-refractivity contribution is 7.15. The van der Waals surface area contributed by atoms with Crippen molar-refractivity contribution < 1.29 is 24.2 Å². The van der Waals surface area contributed by atoms with Crippen LogP contribution in [0.2, 0.25) is 0 Å². The Morgan fingerprint density at radius 2 is 1.71 bits per heavy atom. The zero-order valence-corrected chi connectivity index (χ0v) is 21.1. The molecule has 0 unspecified atom stereocenters. The van der Waals surface area contributed by atoms with Gasteiger partial charge in [-0.3, -0.25) is 4.79 Å². The summed E-state index contributed by atoms with van der Waals surface area (Å²) in [6.45, 7) is 7.89. The minimum Gasteiger partial charge on any atom is -0.550 e. The van der Waals surface area contributed by atoms with Gasteiger partial charge in [0.15, 0.2) is 0 Å². The number of aryl methyl sites for hydroxylation is 1. The molecule has 2 aromatic rings. The van der Waals surface area contributed by atoms with Crippen LogP contribution in [0.25, 0.3) is 11.1 Å². The number of hydrogen-bond acceptors (Lipinski definition) is 6. The van der Waals surface area contributed by atoms with Crippen molar-refractivity contribution in [1.82, 2.24) is 0 Å². The number of amides is 1. The number of thiophene rings is 1. The Kier molecular flexibility index (Phi) is 8.67. The molecule has 1 amide bonds. The lowest BCUT2D eigenvalue weighted by Crippen LogP contribution is -2.42. The van der Waals surface area contributed by atoms with Crippen molar-refractivity contribution in [2.45, 2.75) is 59.8 Å². The number of benzene rings is 1. The fraction of sp³-hybridized carbons (Fsp3) is 0.444. The first-order valence-corrected chi connectivity index (χ1v) is 12.7. The van der Waals surface area contributed by atoms with Crippen LogP contribution in [-0.2, 0) is 20.7 Å². The predicted molar refractivity (Wildman–Crippen MR) is 133 cm³/mol. The number of nitrogens with one attached hydrogen (secondary N) is 1. The quantitative estimate of drug-likeness (QED) is 0.401. The van der Waals surface area contributed by atoms with E-state index in [1.165, 1.54) is 16.9 Å². The lowest BCUT2D eigenvalue weighted by Gasteiger charge is -2.32. The Morgan fingerprint density at radius 1 is 1.06 bits per heavy atom. The molecule has 0 bridgehead atoms. The Hall–Kier alpha value is -2.93. The smallest absolute Gasteiger partial charge is 0.341 e. The topological polar surface area (TPSA) is 95.5 Å². The summed E-state index contributed by atoms with van der Waals surface area (Å²) < 4.78 is 5.29. The molecule has 6 nitrogen and oxygen atoms in total. The van der Waals surface area contributed by atoms with E-state index in [9.17, 15) is 19.5 Å². The number of aliphatic carboxylic acids is 1. The standard InChI is InChI=1S/C27H33NO5S/c1-5-7-8-18-9-11-19(12-10-18)22-15-34-25(23(22)27(32)33-6-2)28-24(29)20-13-16(3)17(4)14-21(20)26(30)31/h9-12,15,20-21H,5-8,13-14H2,1-4H3,(H,28,29)(H,30,31)/p-1/t20-,21+/m1/s1. The molecule has 34 heavy (non-hydrogen) atoms. The minimum atomic E-state index is -1.23. The van der Waals surface area contributed by atoms with Gasteiger partial charge in [-0.05, 0) is 57.6 Å². The first-order chi connectivity index (χ1) is 16.3. The number of carbonyl (C=O) groups excluding carboxylic acids is 3. The molecule has 1 aliphatic carbocycles. The highest BCUT2D eigenvalue weighted by Gasteiger charge is 2.34. The molecule has 1 aromatic heterocycles. The van der Waals surface area contributed by atoms with Crippen LogP contribution in [0.15, 0.2) is 40.8 Å². The maximum Gasteiger partial charge on any atom is 0.341 e. The summed E-state index contributed by atoms with van der Waals surface area (Å²) in [6, 6.07) is 8.07. The molecular weight excluding hydrogens is 450 g/mol.